The van der Waals surface area contributed by atoms with Crippen LogP contribution in [-0.2, 0) is 0 Å². The highest BCUT2D eigenvalue weighted by atomic mass is 19.4. The molecule has 1 atom stereocenters. The van der Waals surface area contributed by atoms with Crippen LogP contribution in [0.2, 0.25) is 0 Å². The van der Waals surface area contributed by atoms with Gasteiger partial charge in [0.15, 0.2) is 6.10 Å². The molecule has 0 bridgehead atoms. The Balaban J connectivity index is 3.18. The van der Waals surface area contributed by atoms with Gasteiger partial charge in [-0.1, -0.05) is 0 Å². The summed E-state index contributed by atoms with van der Waals surface area (Å²) in [5.41, 5.74) is -0.366. The SMILES string of the molecule is COc1ccc(OC)c([C@H](O)C(F)(F)F)c1. The molecule has 1 aromatic rings. The minimum atomic E-state index is -4.74. The average Bonchev–Trinajstić information content (AvgIpc) is 2.25. The lowest BCUT2D eigenvalue weighted by Crippen LogP contribution is -2.20. The van der Waals surface area contributed by atoms with E-state index < -0.39 is 12.3 Å². The van der Waals surface area contributed by atoms with E-state index in [9.17, 15) is 13.2 Å². The van der Waals surface area contributed by atoms with Crippen LogP contribution < -0.4 is 9.47 Å². The van der Waals surface area contributed by atoms with Gasteiger partial charge in [-0.3, -0.25) is 0 Å². The summed E-state index contributed by atoms with van der Waals surface area (Å²) >= 11 is 0. The van der Waals surface area contributed by atoms with E-state index in [2.05, 4.69) is 0 Å². The molecular formula is C10H11F3O3. The van der Waals surface area contributed by atoms with E-state index in [0.717, 1.165) is 6.07 Å². The Hall–Kier alpha value is -1.43. The van der Waals surface area contributed by atoms with Gasteiger partial charge >= 0.3 is 6.18 Å². The van der Waals surface area contributed by atoms with Crippen molar-refractivity contribution in [2.24, 2.45) is 0 Å². The van der Waals surface area contributed by atoms with E-state index in [1.54, 1.807) is 0 Å². The Morgan fingerprint density at radius 1 is 1.19 bits per heavy atom. The van der Waals surface area contributed by atoms with E-state index in [1.165, 1.54) is 26.4 Å². The Labute approximate surface area is 90.4 Å². The fraction of sp³-hybridized carbons (Fsp3) is 0.400. The van der Waals surface area contributed by atoms with E-state index in [4.69, 9.17) is 14.6 Å². The number of hydrogen-bond donors (Lipinski definition) is 1. The zero-order valence-corrected chi connectivity index (χ0v) is 8.71. The number of methoxy groups -OCH3 is 2. The Morgan fingerprint density at radius 2 is 1.81 bits per heavy atom. The minimum absolute atomic E-state index is 0.0365. The normalized spacial score (nSPS) is 13.4. The lowest BCUT2D eigenvalue weighted by molar-refractivity contribution is -0.207. The van der Waals surface area contributed by atoms with E-state index in [1.807, 2.05) is 0 Å². The molecule has 0 fully saturated rings. The van der Waals surface area contributed by atoms with Gasteiger partial charge in [-0.05, 0) is 18.2 Å². The van der Waals surface area contributed by atoms with E-state index in [0.29, 0.717) is 0 Å². The van der Waals surface area contributed by atoms with E-state index >= 15 is 0 Å². The highest BCUT2D eigenvalue weighted by molar-refractivity contribution is 5.42. The smallest absolute Gasteiger partial charge is 0.418 e. The predicted molar refractivity (Wildman–Crippen MR) is 50.6 cm³/mol. The topological polar surface area (TPSA) is 38.7 Å². The molecule has 0 saturated heterocycles. The fourth-order valence-electron chi connectivity index (χ4n) is 1.23. The molecule has 90 valence electrons. The highest BCUT2D eigenvalue weighted by Gasteiger charge is 2.41. The largest absolute Gasteiger partial charge is 0.497 e. The van der Waals surface area contributed by atoms with Crippen LogP contribution in [-0.4, -0.2) is 25.5 Å². The van der Waals surface area contributed by atoms with Crippen molar-refractivity contribution >= 4 is 0 Å². The van der Waals surface area contributed by atoms with Crippen LogP contribution in [0.3, 0.4) is 0 Å². The first-order valence-corrected chi connectivity index (χ1v) is 4.37. The number of halogens is 3. The van der Waals surface area contributed by atoms with Crippen LogP contribution >= 0.6 is 0 Å². The summed E-state index contributed by atoms with van der Waals surface area (Å²) < 4.78 is 46.6. The van der Waals surface area contributed by atoms with E-state index in [-0.39, 0.29) is 17.1 Å². The van der Waals surface area contributed by atoms with Crippen LogP contribution in [0.4, 0.5) is 13.2 Å². The maximum absolute atomic E-state index is 12.3. The summed E-state index contributed by atoms with van der Waals surface area (Å²) in [6, 6.07) is 3.85. The quantitative estimate of drug-likeness (QED) is 0.875. The summed E-state index contributed by atoms with van der Waals surface area (Å²) in [5.74, 6) is 0.185. The second-order valence-corrected chi connectivity index (χ2v) is 3.05. The Kier molecular flexibility index (Phi) is 3.64. The molecule has 16 heavy (non-hydrogen) atoms. The molecule has 0 aromatic heterocycles. The van der Waals surface area contributed by atoms with Crippen LogP contribution in [0.15, 0.2) is 18.2 Å². The lowest BCUT2D eigenvalue weighted by atomic mass is 10.1. The van der Waals surface area contributed by atoms with Crippen molar-refractivity contribution in [3.63, 3.8) is 0 Å². The van der Waals surface area contributed by atoms with Crippen molar-refractivity contribution in [2.75, 3.05) is 14.2 Å². The first kappa shape index (κ1) is 12.6. The molecule has 3 nitrogen and oxygen atoms in total. The maximum atomic E-state index is 12.3. The summed E-state index contributed by atoms with van der Waals surface area (Å²) in [6.45, 7) is 0. The molecule has 0 saturated carbocycles. The second kappa shape index (κ2) is 4.61. The monoisotopic (exact) mass is 236 g/mol. The number of ether oxygens (including phenoxy) is 2. The van der Waals surface area contributed by atoms with Gasteiger partial charge in [-0.2, -0.15) is 13.2 Å². The molecule has 1 aromatic carbocycles. The molecule has 6 heteroatoms. The number of aliphatic hydroxyl groups excluding tert-OH is 1. The zero-order valence-electron chi connectivity index (χ0n) is 8.71. The number of benzene rings is 1. The molecule has 1 N–H and O–H groups in total. The first-order chi connectivity index (χ1) is 7.40. The average molecular weight is 236 g/mol. The standard InChI is InChI=1S/C10H11F3O3/c1-15-6-3-4-8(16-2)7(5-6)9(14)10(11,12)13/h3-5,9,14H,1-2H3/t9-/m0/s1. The molecule has 0 amide bonds. The lowest BCUT2D eigenvalue weighted by Gasteiger charge is -2.18. The van der Waals surface area contributed by atoms with Crippen molar-refractivity contribution in [1.29, 1.82) is 0 Å². The summed E-state index contributed by atoms with van der Waals surface area (Å²) in [6.07, 6.45) is -7.32. The number of alkyl halides is 3. The summed E-state index contributed by atoms with van der Waals surface area (Å²) in [4.78, 5) is 0. The Morgan fingerprint density at radius 3 is 2.25 bits per heavy atom. The fourth-order valence-corrected chi connectivity index (χ4v) is 1.23. The molecule has 0 aliphatic rings. The molecule has 0 spiro atoms. The molecule has 0 radical (unpaired) electrons. The number of hydrogen-bond acceptors (Lipinski definition) is 3. The van der Waals surface area contributed by atoms with Crippen molar-refractivity contribution in [3.05, 3.63) is 23.8 Å². The van der Waals surface area contributed by atoms with Gasteiger partial charge in [0.1, 0.15) is 11.5 Å². The molecular weight excluding hydrogens is 225 g/mol. The Bertz CT molecular complexity index is 363. The number of aliphatic hydroxyl groups is 1. The summed E-state index contributed by atoms with van der Waals surface area (Å²) in [7, 11) is 2.56. The van der Waals surface area contributed by atoms with Crippen molar-refractivity contribution in [1.82, 2.24) is 0 Å². The molecule has 0 aliphatic heterocycles. The van der Waals surface area contributed by atoms with Gasteiger partial charge in [0.2, 0.25) is 0 Å². The third-order valence-corrected chi connectivity index (χ3v) is 2.04. The maximum Gasteiger partial charge on any atom is 0.418 e. The minimum Gasteiger partial charge on any atom is -0.497 e. The van der Waals surface area contributed by atoms with Crippen LogP contribution in [0, 0.1) is 0 Å². The van der Waals surface area contributed by atoms with Gasteiger partial charge in [-0.25, -0.2) is 0 Å². The predicted octanol–water partition coefficient (Wildman–Crippen LogP) is 2.30. The molecule has 0 unspecified atom stereocenters. The van der Waals surface area contributed by atoms with Crippen LogP contribution in [0.1, 0.15) is 11.7 Å². The van der Waals surface area contributed by atoms with Gasteiger partial charge in [-0.15, -0.1) is 0 Å². The molecule has 0 heterocycles. The van der Waals surface area contributed by atoms with Gasteiger partial charge in [0, 0.05) is 5.56 Å². The van der Waals surface area contributed by atoms with Crippen LogP contribution in [0.5, 0.6) is 11.5 Å². The van der Waals surface area contributed by atoms with Crippen LogP contribution in [0.25, 0.3) is 0 Å². The van der Waals surface area contributed by atoms with Crippen molar-refractivity contribution in [2.45, 2.75) is 12.3 Å². The van der Waals surface area contributed by atoms with Gasteiger partial charge in [0.25, 0.3) is 0 Å². The van der Waals surface area contributed by atoms with Crippen molar-refractivity contribution in [3.8, 4) is 11.5 Å². The zero-order chi connectivity index (χ0) is 12.3. The van der Waals surface area contributed by atoms with Gasteiger partial charge < -0.3 is 14.6 Å². The molecule has 1 rings (SSSR count). The second-order valence-electron chi connectivity index (χ2n) is 3.05. The third kappa shape index (κ3) is 2.57. The first-order valence-electron chi connectivity index (χ1n) is 4.37. The summed E-state index contributed by atoms with van der Waals surface area (Å²) in [5, 5.41) is 9.13. The molecule has 0 aliphatic carbocycles. The highest BCUT2D eigenvalue weighted by Crippen LogP contribution is 2.38. The van der Waals surface area contributed by atoms with Crippen molar-refractivity contribution < 1.29 is 27.8 Å². The van der Waals surface area contributed by atoms with Gasteiger partial charge in [0.05, 0.1) is 14.2 Å². The third-order valence-electron chi connectivity index (χ3n) is 2.04. The number of rotatable bonds is 3.